The van der Waals surface area contributed by atoms with E-state index >= 15 is 0 Å². The van der Waals surface area contributed by atoms with Crippen LogP contribution >= 0.6 is 23.2 Å². The second-order valence-electron chi connectivity index (χ2n) is 7.87. The number of carbonyl (C=O) groups excluding carboxylic acids is 2. The van der Waals surface area contributed by atoms with Crippen molar-refractivity contribution in [2.45, 2.75) is 38.8 Å². The van der Waals surface area contributed by atoms with Gasteiger partial charge in [0.2, 0.25) is 11.7 Å². The number of halogens is 2. The maximum atomic E-state index is 12.9. The van der Waals surface area contributed by atoms with Crippen LogP contribution in [0.25, 0.3) is 5.69 Å². The third-order valence-electron chi connectivity index (χ3n) is 5.61. The topological polar surface area (TPSA) is 106 Å². The van der Waals surface area contributed by atoms with Crippen molar-refractivity contribution in [3.05, 3.63) is 69.7 Å². The number of nitrogens with zero attached hydrogens (tertiary/aromatic N) is 4. The molecule has 3 aromatic rings. The summed E-state index contributed by atoms with van der Waals surface area (Å²) in [6.45, 7) is 3.30. The number of aromatic nitrogens is 3. The van der Waals surface area contributed by atoms with E-state index < -0.39 is 5.91 Å². The lowest BCUT2D eigenvalue weighted by Gasteiger charge is -2.22. The van der Waals surface area contributed by atoms with E-state index in [-0.39, 0.29) is 17.8 Å². The summed E-state index contributed by atoms with van der Waals surface area (Å²) in [5.41, 5.74) is 7.58. The van der Waals surface area contributed by atoms with Gasteiger partial charge in [0, 0.05) is 18.7 Å². The first-order valence-electron chi connectivity index (χ1n) is 10.7. The van der Waals surface area contributed by atoms with E-state index in [1.54, 1.807) is 24.3 Å². The van der Waals surface area contributed by atoms with Gasteiger partial charge in [-0.25, -0.2) is 9.67 Å². The number of hydrogen-bond acceptors (Lipinski definition) is 5. The van der Waals surface area contributed by atoms with Gasteiger partial charge in [0.15, 0.2) is 0 Å². The molecule has 0 saturated carbocycles. The molecule has 1 unspecified atom stereocenters. The summed E-state index contributed by atoms with van der Waals surface area (Å²) in [6.07, 6.45) is 2.25. The molecule has 2 amide bonds. The Hall–Kier alpha value is -2.94. The molecular weight excluding hydrogens is 463 g/mol. The summed E-state index contributed by atoms with van der Waals surface area (Å²) in [5.74, 6) is -0.166. The monoisotopic (exact) mass is 486 g/mol. The number of primary amides is 1. The molecule has 10 heteroatoms. The normalized spacial score (nSPS) is 16.2. The summed E-state index contributed by atoms with van der Waals surface area (Å²) in [5, 5.41) is 8.05. The van der Waals surface area contributed by atoms with E-state index in [1.165, 1.54) is 4.68 Å². The van der Waals surface area contributed by atoms with E-state index in [4.69, 9.17) is 28.9 Å². The number of aryl methyl sites for hydroxylation is 1. The molecule has 1 aromatic heterocycles. The molecule has 33 heavy (non-hydrogen) atoms. The molecule has 0 aliphatic carbocycles. The molecule has 1 aliphatic rings. The predicted molar refractivity (Wildman–Crippen MR) is 128 cm³/mol. The van der Waals surface area contributed by atoms with Crippen molar-refractivity contribution in [2.24, 2.45) is 5.73 Å². The third-order valence-corrected chi connectivity index (χ3v) is 6.22. The van der Waals surface area contributed by atoms with Crippen LogP contribution in [0.4, 0.5) is 5.69 Å². The van der Waals surface area contributed by atoms with Gasteiger partial charge in [-0.15, -0.1) is 5.10 Å². The van der Waals surface area contributed by atoms with Crippen LogP contribution in [0.5, 0.6) is 0 Å². The van der Waals surface area contributed by atoms with Gasteiger partial charge in [0.25, 0.3) is 5.91 Å². The SMILES string of the molecule is CCc1nc(C(=O)Nc2cccc(CN3CCCC3C(N)=O)c2)nn1-c1c(Cl)cccc1Cl. The molecule has 2 aromatic carbocycles. The lowest BCUT2D eigenvalue weighted by atomic mass is 10.1. The number of nitrogens with two attached hydrogens (primary N) is 1. The molecule has 4 rings (SSSR count). The number of carbonyl (C=O) groups is 2. The molecule has 172 valence electrons. The number of amides is 2. The largest absolute Gasteiger partial charge is 0.368 e. The van der Waals surface area contributed by atoms with E-state index in [9.17, 15) is 9.59 Å². The van der Waals surface area contributed by atoms with Crippen molar-refractivity contribution in [1.29, 1.82) is 0 Å². The molecule has 3 N–H and O–H groups in total. The predicted octanol–water partition coefficient (Wildman–Crippen LogP) is 3.84. The second kappa shape index (κ2) is 9.91. The first-order chi connectivity index (χ1) is 15.9. The highest BCUT2D eigenvalue weighted by Gasteiger charge is 2.28. The van der Waals surface area contributed by atoms with E-state index in [2.05, 4.69) is 20.3 Å². The average molecular weight is 487 g/mol. The third kappa shape index (κ3) is 5.03. The number of hydrogen-bond donors (Lipinski definition) is 2. The Morgan fingerprint density at radius 1 is 1.18 bits per heavy atom. The van der Waals surface area contributed by atoms with Crippen LogP contribution in [0.15, 0.2) is 42.5 Å². The van der Waals surface area contributed by atoms with Gasteiger partial charge >= 0.3 is 0 Å². The fourth-order valence-electron chi connectivity index (χ4n) is 4.05. The maximum absolute atomic E-state index is 12.9. The van der Waals surface area contributed by atoms with Crippen molar-refractivity contribution < 1.29 is 9.59 Å². The Morgan fingerprint density at radius 2 is 1.91 bits per heavy atom. The molecule has 1 aliphatic heterocycles. The summed E-state index contributed by atoms with van der Waals surface area (Å²) in [7, 11) is 0. The number of nitrogens with one attached hydrogen (secondary N) is 1. The summed E-state index contributed by atoms with van der Waals surface area (Å²) in [6, 6.07) is 12.4. The second-order valence-corrected chi connectivity index (χ2v) is 8.69. The average Bonchev–Trinajstić information content (AvgIpc) is 3.41. The number of likely N-dealkylation sites (tertiary alicyclic amines) is 1. The molecule has 1 saturated heterocycles. The van der Waals surface area contributed by atoms with Crippen LogP contribution in [-0.2, 0) is 17.8 Å². The smallest absolute Gasteiger partial charge is 0.295 e. The van der Waals surface area contributed by atoms with Crippen molar-refractivity contribution in [1.82, 2.24) is 19.7 Å². The Morgan fingerprint density at radius 3 is 2.61 bits per heavy atom. The molecule has 2 heterocycles. The molecule has 8 nitrogen and oxygen atoms in total. The van der Waals surface area contributed by atoms with Crippen molar-refractivity contribution in [2.75, 3.05) is 11.9 Å². The minimum Gasteiger partial charge on any atom is -0.368 e. The molecule has 1 atom stereocenters. The van der Waals surface area contributed by atoms with Crippen LogP contribution in [0, 0.1) is 0 Å². The molecular formula is C23H24Cl2N6O2. The fourth-order valence-corrected chi connectivity index (χ4v) is 4.60. The van der Waals surface area contributed by atoms with Crippen molar-refractivity contribution >= 4 is 40.7 Å². The Kier molecular flexibility index (Phi) is 6.97. The number of para-hydroxylation sites is 1. The van der Waals surface area contributed by atoms with Crippen LogP contribution in [-0.4, -0.2) is 44.1 Å². The van der Waals surface area contributed by atoms with Gasteiger partial charge in [-0.3, -0.25) is 14.5 Å². The first kappa shape index (κ1) is 23.2. The van der Waals surface area contributed by atoms with Gasteiger partial charge in [-0.05, 0) is 49.2 Å². The molecule has 0 spiro atoms. The fraction of sp³-hybridized carbons (Fsp3) is 0.304. The van der Waals surface area contributed by atoms with Gasteiger partial charge in [-0.1, -0.05) is 48.3 Å². The van der Waals surface area contributed by atoms with E-state index in [0.29, 0.717) is 40.2 Å². The van der Waals surface area contributed by atoms with E-state index in [0.717, 1.165) is 24.9 Å². The molecule has 0 bridgehead atoms. The number of anilines is 1. The minimum atomic E-state index is -0.444. The van der Waals surface area contributed by atoms with Crippen molar-refractivity contribution in [3.8, 4) is 5.69 Å². The minimum absolute atomic E-state index is 0.0153. The molecule has 0 radical (unpaired) electrons. The van der Waals surface area contributed by atoms with Gasteiger partial charge < -0.3 is 11.1 Å². The Bertz CT molecular complexity index is 1180. The summed E-state index contributed by atoms with van der Waals surface area (Å²) < 4.78 is 1.51. The highest BCUT2D eigenvalue weighted by Crippen LogP contribution is 2.29. The summed E-state index contributed by atoms with van der Waals surface area (Å²) in [4.78, 5) is 31.0. The number of rotatable bonds is 7. The summed E-state index contributed by atoms with van der Waals surface area (Å²) >= 11 is 12.6. The zero-order valence-electron chi connectivity index (χ0n) is 18.1. The van der Waals surface area contributed by atoms with Crippen LogP contribution in [0.3, 0.4) is 0 Å². The van der Waals surface area contributed by atoms with Gasteiger partial charge in [-0.2, -0.15) is 0 Å². The highest BCUT2D eigenvalue weighted by molar-refractivity contribution is 6.37. The number of benzene rings is 2. The van der Waals surface area contributed by atoms with Gasteiger partial charge in [0.1, 0.15) is 11.5 Å². The highest BCUT2D eigenvalue weighted by atomic mass is 35.5. The standard InChI is InChI=1S/C23H24Cl2N6O2/c1-2-19-28-22(29-31(19)20-16(24)8-4-9-17(20)25)23(33)27-15-7-3-6-14(12-15)13-30-11-5-10-18(30)21(26)32/h3-4,6-9,12,18H,2,5,10-11,13H2,1H3,(H2,26,32)(H,27,33). The Balaban J connectivity index is 1.53. The zero-order valence-corrected chi connectivity index (χ0v) is 19.6. The lowest BCUT2D eigenvalue weighted by Crippen LogP contribution is -2.39. The van der Waals surface area contributed by atoms with Crippen LogP contribution in [0.2, 0.25) is 10.0 Å². The first-order valence-corrected chi connectivity index (χ1v) is 11.5. The zero-order chi connectivity index (χ0) is 23.5. The molecule has 1 fully saturated rings. The van der Waals surface area contributed by atoms with Gasteiger partial charge in [0.05, 0.1) is 16.1 Å². The lowest BCUT2D eigenvalue weighted by molar-refractivity contribution is -0.122. The Labute approximate surface area is 201 Å². The van der Waals surface area contributed by atoms with Crippen LogP contribution in [0.1, 0.15) is 41.8 Å². The van der Waals surface area contributed by atoms with Crippen LogP contribution < -0.4 is 11.1 Å². The van der Waals surface area contributed by atoms with E-state index in [1.807, 2.05) is 25.1 Å². The maximum Gasteiger partial charge on any atom is 0.295 e. The quantitative estimate of drug-likeness (QED) is 0.527. The van der Waals surface area contributed by atoms with Crippen molar-refractivity contribution in [3.63, 3.8) is 0 Å².